The molecule has 1 saturated carbocycles. The maximum absolute atomic E-state index is 13.6. The number of allylic oxidation sites excluding steroid dienone is 1. The maximum Gasteiger partial charge on any atom is 0.397 e. The van der Waals surface area contributed by atoms with Crippen LogP contribution in [-0.4, -0.2) is 40.7 Å². The van der Waals surface area contributed by atoms with Crippen LogP contribution in [0.2, 0.25) is 0 Å². The van der Waals surface area contributed by atoms with Gasteiger partial charge in [-0.1, -0.05) is 38.3 Å². The Kier molecular flexibility index (Phi) is 8.59. The molecular weight excluding hydrogens is 385 g/mol. The van der Waals surface area contributed by atoms with Crippen molar-refractivity contribution in [3.05, 3.63) is 12.2 Å². The Bertz CT molecular complexity index is 563. The normalized spacial score (nSPS) is 30.4. The fraction of sp³-hybridized carbons (Fsp3) is 0.864. The van der Waals surface area contributed by atoms with E-state index in [0.717, 1.165) is 39.0 Å². The summed E-state index contributed by atoms with van der Waals surface area (Å²) in [6, 6.07) is 0. The van der Waals surface area contributed by atoms with Crippen LogP contribution in [-0.2, 0) is 9.53 Å². The van der Waals surface area contributed by atoms with Gasteiger partial charge in [-0.3, -0.25) is 4.79 Å². The molecule has 1 heterocycles. The molecule has 1 saturated heterocycles. The molecule has 2 aliphatic rings. The summed E-state index contributed by atoms with van der Waals surface area (Å²) in [6.07, 6.45) is 3.37. The lowest BCUT2D eigenvalue weighted by Crippen LogP contribution is -2.44. The third-order valence-electron chi connectivity index (χ3n) is 6.77. The SMILES string of the molecule is CCCC[C@](C)([C@H](O)/C=C/[C@H]1CC[C@@H]2O[C@@H](CCCCC(=O)O)C[C@@H]21)C(F)(F)F. The third-order valence-corrected chi connectivity index (χ3v) is 6.77. The van der Waals surface area contributed by atoms with E-state index in [9.17, 15) is 23.1 Å². The number of hydrogen-bond donors (Lipinski definition) is 2. The Labute approximate surface area is 171 Å². The van der Waals surface area contributed by atoms with Crippen molar-refractivity contribution < 1.29 is 32.9 Å². The first kappa shape index (κ1) is 24.2. The van der Waals surface area contributed by atoms with Crippen molar-refractivity contribution in [1.82, 2.24) is 0 Å². The zero-order valence-corrected chi connectivity index (χ0v) is 17.5. The van der Waals surface area contributed by atoms with Crippen molar-refractivity contribution in [2.75, 3.05) is 0 Å². The Morgan fingerprint density at radius 1 is 1.24 bits per heavy atom. The molecule has 29 heavy (non-hydrogen) atoms. The second-order valence-corrected chi connectivity index (χ2v) is 8.93. The van der Waals surface area contributed by atoms with E-state index in [1.54, 1.807) is 6.08 Å². The number of carbonyl (C=O) groups is 1. The van der Waals surface area contributed by atoms with Crippen molar-refractivity contribution in [2.45, 2.75) is 103 Å². The molecule has 0 unspecified atom stereocenters. The third kappa shape index (κ3) is 6.20. The molecule has 6 atom stereocenters. The van der Waals surface area contributed by atoms with Crippen LogP contribution < -0.4 is 0 Å². The summed E-state index contributed by atoms with van der Waals surface area (Å²) in [5, 5.41) is 19.1. The number of unbranched alkanes of at least 4 members (excludes halogenated alkanes) is 2. The predicted octanol–water partition coefficient (Wildman–Crippen LogP) is 5.49. The zero-order valence-electron chi connectivity index (χ0n) is 17.5. The highest BCUT2D eigenvalue weighted by Crippen LogP contribution is 2.47. The summed E-state index contributed by atoms with van der Waals surface area (Å²) in [6.45, 7) is 2.96. The van der Waals surface area contributed by atoms with Gasteiger partial charge in [0.25, 0.3) is 0 Å². The molecule has 2 fully saturated rings. The average Bonchev–Trinajstić information content (AvgIpc) is 3.20. The van der Waals surface area contributed by atoms with Gasteiger partial charge in [-0.25, -0.2) is 0 Å². The number of alkyl halides is 3. The number of halogens is 3. The lowest BCUT2D eigenvalue weighted by atomic mass is 9.78. The molecule has 0 aromatic heterocycles. The second-order valence-electron chi connectivity index (χ2n) is 8.93. The number of aliphatic carboxylic acids is 1. The minimum atomic E-state index is -4.46. The van der Waals surface area contributed by atoms with Gasteiger partial charge in [0.2, 0.25) is 0 Å². The molecule has 4 nitrogen and oxygen atoms in total. The smallest absolute Gasteiger partial charge is 0.397 e. The molecule has 0 radical (unpaired) electrons. The number of hydrogen-bond acceptors (Lipinski definition) is 3. The van der Waals surface area contributed by atoms with Crippen molar-refractivity contribution in [3.63, 3.8) is 0 Å². The molecule has 2 rings (SSSR count). The van der Waals surface area contributed by atoms with E-state index in [4.69, 9.17) is 9.84 Å². The highest BCUT2D eigenvalue weighted by Gasteiger charge is 2.54. The van der Waals surface area contributed by atoms with E-state index in [0.29, 0.717) is 19.3 Å². The molecule has 0 amide bonds. The Morgan fingerprint density at radius 3 is 2.59 bits per heavy atom. The number of aliphatic hydroxyl groups excluding tert-OH is 1. The fourth-order valence-electron chi connectivity index (χ4n) is 4.70. The summed E-state index contributed by atoms with van der Waals surface area (Å²) in [4.78, 5) is 10.6. The van der Waals surface area contributed by atoms with Gasteiger partial charge in [0.15, 0.2) is 0 Å². The number of aliphatic hydroxyl groups is 1. The van der Waals surface area contributed by atoms with Crippen LogP contribution >= 0.6 is 0 Å². The van der Waals surface area contributed by atoms with Gasteiger partial charge >= 0.3 is 12.1 Å². The quantitative estimate of drug-likeness (QED) is 0.343. The van der Waals surface area contributed by atoms with E-state index < -0.39 is 23.7 Å². The summed E-state index contributed by atoms with van der Waals surface area (Å²) in [5.74, 6) is -0.388. The Hall–Kier alpha value is -1.08. The summed E-state index contributed by atoms with van der Waals surface area (Å²) in [5.41, 5.74) is -2.13. The van der Waals surface area contributed by atoms with Crippen molar-refractivity contribution in [3.8, 4) is 0 Å². The van der Waals surface area contributed by atoms with Crippen molar-refractivity contribution in [2.24, 2.45) is 17.3 Å². The largest absolute Gasteiger partial charge is 0.481 e. The molecule has 2 N–H and O–H groups in total. The number of carboxylic acids is 1. The van der Waals surface area contributed by atoms with E-state index in [1.807, 2.05) is 6.92 Å². The maximum atomic E-state index is 13.6. The van der Waals surface area contributed by atoms with E-state index in [1.165, 1.54) is 6.08 Å². The summed E-state index contributed by atoms with van der Waals surface area (Å²) < 4.78 is 46.9. The number of rotatable bonds is 11. The topological polar surface area (TPSA) is 66.8 Å². The van der Waals surface area contributed by atoms with Crippen LogP contribution in [0.1, 0.15) is 78.1 Å². The molecule has 1 aliphatic carbocycles. The molecule has 0 aromatic carbocycles. The molecule has 0 spiro atoms. The second kappa shape index (κ2) is 10.3. The zero-order chi connectivity index (χ0) is 21.7. The van der Waals surface area contributed by atoms with Crippen molar-refractivity contribution >= 4 is 5.97 Å². The highest BCUT2D eigenvalue weighted by molar-refractivity contribution is 5.66. The molecule has 168 valence electrons. The fourth-order valence-corrected chi connectivity index (χ4v) is 4.70. The van der Waals surface area contributed by atoms with Gasteiger partial charge in [0.1, 0.15) is 0 Å². The summed E-state index contributed by atoms with van der Waals surface area (Å²) >= 11 is 0. The number of carboxylic acid groups (broad SMARTS) is 1. The van der Waals surface area contributed by atoms with Crippen LogP contribution in [0.15, 0.2) is 12.2 Å². The lowest BCUT2D eigenvalue weighted by molar-refractivity contribution is -0.244. The molecule has 1 aliphatic heterocycles. The number of fused-ring (bicyclic) bond motifs is 1. The van der Waals surface area contributed by atoms with E-state index >= 15 is 0 Å². The molecular formula is C22H35F3O4. The van der Waals surface area contributed by atoms with Crippen LogP contribution in [0, 0.1) is 17.3 Å². The number of ether oxygens (including phenoxy) is 1. The lowest BCUT2D eigenvalue weighted by Gasteiger charge is -2.35. The minimum absolute atomic E-state index is 0.0866. The standard InChI is InChI=1S/C22H35F3O4/c1-3-4-13-21(2,22(23,24)25)19(26)12-10-15-9-11-18-17(15)14-16(29-18)7-5-6-8-20(27)28/h10,12,15-19,26H,3-9,11,13-14H2,1-2H3,(H,27,28)/b12-10+/t15-,16+,17-,18+,19-,21-/m1/s1. The molecule has 7 heteroatoms. The monoisotopic (exact) mass is 420 g/mol. The van der Waals surface area contributed by atoms with Gasteiger partial charge in [-0.15, -0.1) is 0 Å². The van der Waals surface area contributed by atoms with Crippen LogP contribution in [0.4, 0.5) is 13.2 Å². The van der Waals surface area contributed by atoms with Crippen molar-refractivity contribution in [1.29, 1.82) is 0 Å². The van der Waals surface area contributed by atoms with Crippen LogP contribution in [0.3, 0.4) is 0 Å². The van der Waals surface area contributed by atoms with Crippen LogP contribution in [0.25, 0.3) is 0 Å². The minimum Gasteiger partial charge on any atom is -0.481 e. The highest BCUT2D eigenvalue weighted by atomic mass is 19.4. The first-order chi connectivity index (χ1) is 13.6. The van der Waals surface area contributed by atoms with Gasteiger partial charge < -0.3 is 14.9 Å². The van der Waals surface area contributed by atoms with Crippen LogP contribution in [0.5, 0.6) is 0 Å². The van der Waals surface area contributed by atoms with Gasteiger partial charge in [-0.05, 0) is 57.3 Å². The van der Waals surface area contributed by atoms with Gasteiger partial charge in [-0.2, -0.15) is 13.2 Å². The van der Waals surface area contributed by atoms with Gasteiger partial charge in [0, 0.05) is 6.42 Å². The van der Waals surface area contributed by atoms with E-state index in [-0.39, 0.29) is 36.9 Å². The Morgan fingerprint density at radius 2 is 1.97 bits per heavy atom. The summed E-state index contributed by atoms with van der Waals surface area (Å²) in [7, 11) is 0. The van der Waals surface area contributed by atoms with Gasteiger partial charge in [0.05, 0.1) is 23.7 Å². The predicted molar refractivity (Wildman–Crippen MR) is 104 cm³/mol. The van der Waals surface area contributed by atoms with E-state index in [2.05, 4.69) is 0 Å². The molecule has 0 aromatic rings. The first-order valence-electron chi connectivity index (χ1n) is 10.9. The molecule has 0 bridgehead atoms. The first-order valence-corrected chi connectivity index (χ1v) is 10.9. The Balaban J connectivity index is 1.91. The average molecular weight is 421 g/mol.